The van der Waals surface area contributed by atoms with Crippen LogP contribution in [-0.4, -0.2) is 25.7 Å². The van der Waals surface area contributed by atoms with Crippen molar-refractivity contribution in [1.29, 1.82) is 0 Å². The van der Waals surface area contributed by atoms with Gasteiger partial charge in [-0.15, -0.1) is 0 Å². The highest BCUT2D eigenvalue weighted by Crippen LogP contribution is 2.05. The van der Waals surface area contributed by atoms with Crippen LogP contribution in [0.3, 0.4) is 0 Å². The number of carbonyl (C=O) groups excluding carboxylic acids is 1. The summed E-state index contributed by atoms with van der Waals surface area (Å²) in [6.07, 6.45) is 2.18. The third kappa shape index (κ3) is 5.36. The molecule has 0 fully saturated rings. The van der Waals surface area contributed by atoms with Crippen LogP contribution in [0, 0.1) is 0 Å². The van der Waals surface area contributed by atoms with Gasteiger partial charge in [0.05, 0.1) is 6.61 Å². The Balaban J connectivity index is 2.21. The molecular formula is C13H20N2O2. The zero-order chi connectivity index (χ0) is 12.5. The van der Waals surface area contributed by atoms with Gasteiger partial charge >= 0.3 is 0 Å². The van der Waals surface area contributed by atoms with Crippen molar-refractivity contribution in [2.24, 2.45) is 0 Å². The van der Waals surface area contributed by atoms with Gasteiger partial charge in [-0.05, 0) is 24.6 Å². The van der Waals surface area contributed by atoms with E-state index in [1.54, 1.807) is 24.3 Å². The van der Waals surface area contributed by atoms with Crippen molar-refractivity contribution in [2.75, 3.05) is 25.5 Å². The van der Waals surface area contributed by atoms with E-state index in [1.807, 2.05) is 0 Å². The summed E-state index contributed by atoms with van der Waals surface area (Å²) in [6, 6.07) is 6.92. The number of hydrogen-bond donors (Lipinski definition) is 2. The molecule has 0 spiro atoms. The molecule has 0 aliphatic heterocycles. The summed E-state index contributed by atoms with van der Waals surface area (Å²) >= 11 is 0. The third-order valence-corrected chi connectivity index (χ3v) is 2.32. The lowest BCUT2D eigenvalue weighted by atomic mass is 10.2. The number of anilines is 1. The normalized spacial score (nSPS) is 10.2. The van der Waals surface area contributed by atoms with E-state index in [9.17, 15) is 4.79 Å². The Morgan fingerprint density at radius 1 is 1.41 bits per heavy atom. The SMILES string of the molecule is CCCCOCCNC(=O)c1cccc(N)c1. The Kier molecular flexibility index (Phi) is 6.10. The van der Waals surface area contributed by atoms with Gasteiger partial charge in [0.15, 0.2) is 0 Å². The lowest BCUT2D eigenvalue weighted by Crippen LogP contribution is -2.27. The number of benzene rings is 1. The van der Waals surface area contributed by atoms with Gasteiger partial charge in [-0.3, -0.25) is 4.79 Å². The fraction of sp³-hybridized carbons (Fsp3) is 0.462. The predicted molar refractivity (Wildman–Crippen MR) is 68.9 cm³/mol. The molecule has 0 radical (unpaired) electrons. The Bertz CT molecular complexity index is 353. The van der Waals surface area contributed by atoms with Crippen molar-refractivity contribution >= 4 is 11.6 Å². The highest BCUT2D eigenvalue weighted by atomic mass is 16.5. The van der Waals surface area contributed by atoms with Crippen LogP contribution < -0.4 is 11.1 Å². The maximum absolute atomic E-state index is 11.7. The maximum Gasteiger partial charge on any atom is 0.251 e. The smallest absolute Gasteiger partial charge is 0.251 e. The number of hydrogen-bond acceptors (Lipinski definition) is 3. The number of amides is 1. The Labute approximate surface area is 102 Å². The first-order chi connectivity index (χ1) is 8.24. The van der Waals surface area contributed by atoms with Crippen molar-refractivity contribution in [3.8, 4) is 0 Å². The monoisotopic (exact) mass is 236 g/mol. The predicted octanol–water partition coefficient (Wildman–Crippen LogP) is 1.82. The van der Waals surface area contributed by atoms with Gasteiger partial charge in [-0.1, -0.05) is 19.4 Å². The minimum absolute atomic E-state index is 0.114. The van der Waals surface area contributed by atoms with Gasteiger partial charge in [-0.25, -0.2) is 0 Å². The van der Waals surface area contributed by atoms with Crippen LogP contribution in [0.1, 0.15) is 30.1 Å². The van der Waals surface area contributed by atoms with E-state index in [1.165, 1.54) is 0 Å². The molecule has 0 saturated carbocycles. The molecule has 3 N–H and O–H groups in total. The summed E-state index contributed by atoms with van der Waals surface area (Å²) in [6.45, 7) is 3.95. The van der Waals surface area contributed by atoms with Gasteiger partial charge in [0.2, 0.25) is 0 Å². The Hall–Kier alpha value is -1.55. The molecule has 0 aliphatic rings. The van der Waals surface area contributed by atoms with Gasteiger partial charge in [-0.2, -0.15) is 0 Å². The number of nitrogens with two attached hydrogens (primary N) is 1. The molecule has 94 valence electrons. The molecule has 0 unspecified atom stereocenters. The highest BCUT2D eigenvalue weighted by Gasteiger charge is 2.04. The quantitative estimate of drug-likeness (QED) is 0.560. The number of carbonyl (C=O) groups is 1. The first-order valence-corrected chi connectivity index (χ1v) is 5.95. The number of ether oxygens (including phenoxy) is 1. The number of unbranched alkanes of at least 4 members (excludes halogenated alkanes) is 1. The zero-order valence-corrected chi connectivity index (χ0v) is 10.2. The van der Waals surface area contributed by atoms with Gasteiger partial charge in [0, 0.05) is 24.4 Å². The lowest BCUT2D eigenvalue weighted by molar-refractivity contribution is 0.0913. The second-order valence-electron chi connectivity index (χ2n) is 3.85. The van der Waals surface area contributed by atoms with Crippen molar-refractivity contribution < 1.29 is 9.53 Å². The standard InChI is InChI=1S/C13H20N2O2/c1-2-3-8-17-9-7-15-13(16)11-5-4-6-12(14)10-11/h4-6,10H,2-3,7-9,14H2,1H3,(H,15,16). The molecule has 0 aromatic heterocycles. The van der Waals surface area contributed by atoms with Crippen LogP contribution >= 0.6 is 0 Å². The molecule has 0 heterocycles. The second kappa shape index (κ2) is 7.68. The number of nitrogens with one attached hydrogen (secondary N) is 1. The van der Waals surface area contributed by atoms with Crippen LogP contribution in [0.25, 0.3) is 0 Å². The molecule has 1 amide bonds. The summed E-state index contributed by atoms with van der Waals surface area (Å²) < 4.78 is 5.34. The van der Waals surface area contributed by atoms with Crippen molar-refractivity contribution in [2.45, 2.75) is 19.8 Å². The zero-order valence-electron chi connectivity index (χ0n) is 10.2. The first-order valence-electron chi connectivity index (χ1n) is 5.95. The molecule has 0 saturated heterocycles. The molecule has 1 rings (SSSR count). The summed E-state index contributed by atoms with van der Waals surface area (Å²) in [4.78, 5) is 11.7. The number of rotatable bonds is 7. The largest absolute Gasteiger partial charge is 0.399 e. The molecule has 1 aromatic rings. The molecule has 0 bridgehead atoms. The average molecular weight is 236 g/mol. The lowest BCUT2D eigenvalue weighted by Gasteiger charge is -2.06. The fourth-order valence-electron chi connectivity index (χ4n) is 1.37. The van der Waals surface area contributed by atoms with E-state index in [4.69, 9.17) is 10.5 Å². The van der Waals surface area contributed by atoms with Crippen molar-refractivity contribution in [3.63, 3.8) is 0 Å². The van der Waals surface area contributed by atoms with Gasteiger partial charge in [0.25, 0.3) is 5.91 Å². The maximum atomic E-state index is 11.7. The molecule has 4 heteroatoms. The molecule has 17 heavy (non-hydrogen) atoms. The topological polar surface area (TPSA) is 64.3 Å². The van der Waals surface area contributed by atoms with Crippen LogP contribution in [0.4, 0.5) is 5.69 Å². The van der Waals surface area contributed by atoms with Gasteiger partial charge < -0.3 is 15.8 Å². The Morgan fingerprint density at radius 2 is 2.24 bits per heavy atom. The van der Waals surface area contributed by atoms with Crippen molar-refractivity contribution in [3.05, 3.63) is 29.8 Å². The average Bonchev–Trinajstić information content (AvgIpc) is 2.33. The number of nitrogen functional groups attached to an aromatic ring is 1. The van der Waals surface area contributed by atoms with Crippen LogP contribution in [-0.2, 0) is 4.74 Å². The molecule has 0 aliphatic carbocycles. The minimum atomic E-state index is -0.114. The molecular weight excluding hydrogens is 216 g/mol. The van der Waals surface area contributed by atoms with E-state index in [0.29, 0.717) is 24.4 Å². The van der Waals surface area contributed by atoms with Crippen molar-refractivity contribution in [1.82, 2.24) is 5.32 Å². The van der Waals surface area contributed by atoms with Crippen LogP contribution in [0.15, 0.2) is 24.3 Å². The van der Waals surface area contributed by atoms with Crippen LogP contribution in [0.5, 0.6) is 0 Å². The summed E-state index contributed by atoms with van der Waals surface area (Å²) in [5.41, 5.74) is 6.78. The molecule has 0 atom stereocenters. The Morgan fingerprint density at radius 3 is 2.94 bits per heavy atom. The third-order valence-electron chi connectivity index (χ3n) is 2.32. The minimum Gasteiger partial charge on any atom is -0.399 e. The van der Waals surface area contributed by atoms with E-state index in [2.05, 4.69) is 12.2 Å². The molecule has 4 nitrogen and oxygen atoms in total. The van der Waals surface area contributed by atoms with E-state index >= 15 is 0 Å². The summed E-state index contributed by atoms with van der Waals surface area (Å²) in [7, 11) is 0. The highest BCUT2D eigenvalue weighted by molar-refractivity contribution is 5.94. The van der Waals surface area contributed by atoms with Gasteiger partial charge in [0.1, 0.15) is 0 Å². The second-order valence-corrected chi connectivity index (χ2v) is 3.85. The fourth-order valence-corrected chi connectivity index (χ4v) is 1.37. The van der Waals surface area contributed by atoms with Crippen LogP contribution in [0.2, 0.25) is 0 Å². The van der Waals surface area contributed by atoms with E-state index < -0.39 is 0 Å². The first kappa shape index (κ1) is 13.5. The molecule has 1 aromatic carbocycles. The van der Waals surface area contributed by atoms with E-state index in [0.717, 1.165) is 19.4 Å². The van der Waals surface area contributed by atoms with E-state index in [-0.39, 0.29) is 5.91 Å². The summed E-state index contributed by atoms with van der Waals surface area (Å²) in [5.74, 6) is -0.114. The summed E-state index contributed by atoms with van der Waals surface area (Å²) in [5, 5.41) is 2.78.